The molecule has 11 nitrogen and oxygen atoms in total. The summed E-state index contributed by atoms with van der Waals surface area (Å²) in [5.41, 5.74) is 1.02. The van der Waals surface area contributed by atoms with E-state index < -0.39 is 36.1 Å². The Labute approximate surface area is 302 Å². The molecule has 0 saturated heterocycles. The highest BCUT2D eigenvalue weighted by atomic mass is 32.2. The van der Waals surface area contributed by atoms with Crippen molar-refractivity contribution in [3.63, 3.8) is 0 Å². The molecule has 7 atom stereocenters. The van der Waals surface area contributed by atoms with Gasteiger partial charge in [-0.15, -0.1) is 0 Å². The standard InChI is InChI=1S/C37H72N6O5S/c1-13-17-29(12)42-43(15-3)23-28(11)35(46)39-30(18-19-49-16-4)36(47)40-31(20-24(5)6)32(44)21-27(10)34(45)41-33(25(7)8)37(48)38-22-26(9)14-2/h24-28,30-33,44H,13-23H2,1-12H3,(H,38,48)(H,39,46)(H,40,47)(H,41,45)/b42-29+/t26?,27-,28+,30+,31+,32+,33+/m1/s1. The first kappa shape index (κ1) is 46.7. The Balaban J connectivity index is 5.70. The Morgan fingerprint density at radius 1 is 0.816 bits per heavy atom. The third kappa shape index (κ3) is 19.6. The van der Waals surface area contributed by atoms with E-state index >= 15 is 0 Å². The predicted molar refractivity (Wildman–Crippen MR) is 204 cm³/mol. The van der Waals surface area contributed by atoms with Gasteiger partial charge in [0, 0.05) is 31.3 Å². The minimum Gasteiger partial charge on any atom is -0.391 e. The molecule has 0 aliphatic rings. The van der Waals surface area contributed by atoms with Crippen LogP contribution >= 0.6 is 11.8 Å². The predicted octanol–water partition coefficient (Wildman–Crippen LogP) is 4.97. The quantitative estimate of drug-likeness (QED) is 0.0483. The van der Waals surface area contributed by atoms with E-state index in [1.165, 1.54) is 0 Å². The number of hydrazone groups is 1. The van der Waals surface area contributed by atoms with E-state index in [0.29, 0.717) is 44.1 Å². The number of nitrogens with zero attached hydrogens (tertiary/aromatic N) is 2. The van der Waals surface area contributed by atoms with Crippen LogP contribution in [0.15, 0.2) is 5.10 Å². The van der Waals surface area contributed by atoms with Crippen molar-refractivity contribution in [1.82, 2.24) is 26.3 Å². The van der Waals surface area contributed by atoms with Crippen molar-refractivity contribution >= 4 is 41.1 Å². The molecule has 1 unspecified atom stereocenters. The van der Waals surface area contributed by atoms with Crippen LogP contribution in [-0.4, -0.2) is 94.8 Å². The summed E-state index contributed by atoms with van der Waals surface area (Å²) >= 11 is 1.70. The normalized spacial score (nSPS) is 16.3. The Morgan fingerprint density at radius 2 is 1.45 bits per heavy atom. The SMILES string of the molecule is CCC/C(C)=N/N(CC)C[C@H](C)C(=O)N[C@@H](CCSCC)C(=O)N[C@@H](CC(C)C)[C@@H](O)C[C@@H](C)C(=O)N[C@H](C(=O)NCC(C)CC)C(C)C. The maximum Gasteiger partial charge on any atom is 0.242 e. The van der Waals surface area contributed by atoms with E-state index in [2.05, 4.69) is 54.1 Å². The molecule has 0 rings (SSSR count). The molecule has 0 aromatic rings. The van der Waals surface area contributed by atoms with E-state index in [0.717, 1.165) is 30.7 Å². The Kier molecular flexibility index (Phi) is 24.4. The molecule has 0 heterocycles. The van der Waals surface area contributed by atoms with Gasteiger partial charge in [0.1, 0.15) is 12.1 Å². The number of hydrogen-bond acceptors (Lipinski definition) is 8. The van der Waals surface area contributed by atoms with Gasteiger partial charge in [-0.25, -0.2) is 0 Å². The molecule has 0 spiro atoms. The van der Waals surface area contributed by atoms with Crippen molar-refractivity contribution < 1.29 is 24.3 Å². The number of carbonyl (C=O) groups excluding carboxylic acids is 4. The second-order valence-electron chi connectivity index (χ2n) is 14.5. The number of carbonyl (C=O) groups is 4. The molecule has 0 aromatic carbocycles. The van der Waals surface area contributed by atoms with Crippen molar-refractivity contribution in [2.24, 2.45) is 34.7 Å². The lowest BCUT2D eigenvalue weighted by atomic mass is 9.91. The Bertz CT molecular complexity index is 1010. The molecule has 0 saturated carbocycles. The van der Waals surface area contributed by atoms with E-state index in [-0.39, 0.29) is 41.9 Å². The molecule has 0 fully saturated rings. The van der Waals surface area contributed by atoms with Crippen molar-refractivity contribution in [3.8, 4) is 0 Å². The lowest BCUT2D eigenvalue weighted by Gasteiger charge is -2.30. The Hall–Kier alpha value is -2.34. The van der Waals surface area contributed by atoms with Crippen molar-refractivity contribution in [2.45, 2.75) is 146 Å². The molecule has 0 aliphatic carbocycles. The molecule has 0 radical (unpaired) electrons. The number of aliphatic hydroxyl groups is 1. The summed E-state index contributed by atoms with van der Waals surface area (Å²) in [5, 5.41) is 29.8. The van der Waals surface area contributed by atoms with Gasteiger partial charge in [-0.1, -0.05) is 82.1 Å². The fraction of sp³-hybridized carbons (Fsp3) is 0.865. The van der Waals surface area contributed by atoms with Gasteiger partial charge in [0.15, 0.2) is 0 Å². The monoisotopic (exact) mass is 713 g/mol. The van der Waals surface area contributed by atoms with Crippen molar-refractivity contribution in [2.75, 3.05) is 31.1 Å². The lowest BCUT2D eigenvalue weighted by Crippen LogP contribution is -2.55. The first-order valence-electron chi connectivity index (χ1n) is 18.7. The van der Waals surface area contributed by atoms with Crippen LogP contribution in [-0.2, 0) is 19.2 Å². The van der Waals surface area contributed by atoms with Crippen molar-refractivity contribution in [3.05, 3.63) is 0 Å². The van der Waals surface area contributed by atoms with Crippen LogP contribution in [0.25, 0.3) is 0 Å². The zero-order valence-electron chi connectivity index (χ0n) is 32.9. The van der Waals surface area contributed by atoms with Crippen LogP contribution in [0, 0.1) is 29.6 Å². The van der Waals surface area contributed by atoms with Crippen LogP contribution in [0.3, 0.4) is 0 Å². The molecule has 0 bridgehead atoms. The summed E-state index contributed by atoms with van der Waals surface area (Å²) in [5.74, 6) is -0.136. The van der Waals surface area contributed by atoms with Crippen LogP contribution in [0.4, 0.5) is 0 Å². The van der Waals surface area contributed by atoms with Gasteiger partial charge in [0.05, 0.1) is 18.1 Å². The first-order chi connectivity index (χ1) is 23.0. The topological polar surface area (TPSA) is 152 Å². The van der Waals surface area contributed by atoms with Gasteiger partial charge in [-0.05, 0) is 68.8 Å². The molecule has 12 heteroatoms. The zero-order chi connectivity index (χ0) is 37.7. The maximum atomic E-state index is 13.7. The number of thioether (sulfide) groups is 1. The summed E-state index contributed by atoms with van der Waals surface area (Å²) < 4.78 is 0. The third-order valence-corrected chi connectivity index (χ3v) is 9.67. The summed E-state index contributed by atoms with van der Waals surface area (Å²) in [7, 11) is 0. The second kappa shape index (κ2) is 25.6. The highest BCUT2D eigenvalue weighted by Crippen LogP contribution is 2.17. The number of rotatable bonds is 26. The highest BCUT2D eigenvalue weighted by Gasteiger charge is 2.32. The van der Waals surface area contributed by atoms with E-state index in [4.69, 9.17) is 0 Å². The molecule has 4 amide bonds. The molecule has 5 N–H and O–H groups in total. The average molecular weight is 713 g/mol. The molecule has 0 aromatic heterocycles. The number of hydrogen-bond donors (Lipinski definition) is 5. The van der Waals surface area contributed by atoms with E-state index in [9.17, 15) is 24.3 Å². The average Bonchev–Trinajstić information content (AvgIpc) is 3.03. The van der Waals surface area contributed by atoms with Gasteiger partial charge in [0.25, 0.3) is 0 Å². The summed E-state index contributed by atoms with van der Waals surface area (Å²) in [6, 6.07) is -2.08. The van der Waals surface area contributed by atoms with Gasteiger partial charge in [-0.3, -0.25) is 24.2 Å². The van der Waals surface area contributed by atoms with Crippen LogP contribution < -0.4 is 21.3 Å². The summed E-state index contributed by atoms with van der Waals surface area (Å²) in [4.78, 5) is 53.2. The fourth-order valence-electron chi connectivity index (χ4n) is 5.32. The number of nitrogens with one attached hydrogen (secondary N) is 4. The minimum absolute atomic E-state index is 0.105. The summed E-state index contributed by atoms with van der Waals surface area (Å²) in [6.07, 6.45) is 2.89. The van der Waals surface area contributed by atoms with Crippen LogP contribution in [0.1, 0.15) is 122 Å². The van der Waals surface area contributed by atoms with Gasteiger partial charge >= 0.3 is 0 Å². The van der Waals surface area contributed by atoms with E-state index in [1.807, 2.05) is 53.5 Å². The van der Waals surface area contributed by atoms with Crippen molar-refractivity contribution in [1.29, 1.82) is 0 Å². The second-order valence-corrected chi connectivity index (χ2v) is 15.9. The summed E-state index contributed by atoms with van der Waals surface area (Å²) in [6.45, 7) is 25.3. The Morgan fingerprint density at radius 3 is 1.98 bits per heavy atom. The molecule has 286 valence electrons. The molecular formula is C37H72N6O5S. The molecular weight excluding hydrogens is 641 g/mol. The number of aliphatic hydroxyl groups excluding tert-OH is 1. The largest absolute Gasteiger partial charge is 0.391 e. The minimum atomic E-state index is -1.01. The fourth-order valence-corrected chi connectivity index (χ4v) is 6.01. The van der Waals surface area contributed by atoms with Crippen LogP contribution in [0.5, 0.6) is 0 Å². The lowest BCUT2D eigenvalue weighted by molar-refractivity contribution is -0.133. The van der Waals surface area contributed by atoms with Gasteiger partial charge < -0.3 is 26.4 Å². The first-order valence-corrected chi connectivity index (χ1v) is 19.9. The van der Waals surface area contributed by atoms with Gasteiger partial charge in [-0.2, -0.15) is 16.9 Å². The molecule has 0 aliphatic heterocycles. The molecule has 49 heavy (non-hydrogen) atoms. The van der Waals surface area contributed by atoms with E-state index in [1.54, 1.807) is 18.7 Å². The van der Waals surface area contributed by atoms with Crippen LogP contribution in [0.2, 0.25) is 0 Å². The third-order valence-electron chi connectivity index (χ3n) is 8.74. The highest BCUT2D eigenvalue weighted by molar-refractivity contribution is 7.99. The van der Waals surface area contributed by atoms with Gasteiger partial charge in [0.2, 0.25) is 23.6 Å². The smallest absolute Gasteiger partial charge is 0.242 e. The maximum absolute atomic E-state index is 13.7. The zero-order valence-corrected chi connectivity index (χ0v) is 33.7. The number of amides is 4.